The van der Waals surface area contributed by atoms with Crippen molar-refractivity contribution in [3.05, 3.63) is 42.2 Å². The van der Waals surface area contributed by atoms with E-state index in [2.05, 4.69) is 0 Å². The van der Waals surface area contributed by atoms with Gasteiger partial charge < -0.3 is 14.6 Å². The Morgan fingerprint density at radius 1 is 0.889 bits per heavy atom. The van der Waals surface area contributed by atoms with E-state index in [1.807, 2.05) is 6.07 Å². The Morgan fingerprint density at radius 2 is 1.50 bits per heavy atom. The predicted molar refractivity (Wildman–Crippen MR) is 66.6 cm³/mol. The number of methoxy groups -OCH3 is 2. The lowest BCUT2D eigenvalue weighted by Crippen LogP contribution is -1.91. The van der Waals surface area contributed by atoms with Crippen LogP contribution in [-0.2, 0) is 0 Å². The highest BCUT2D eigenvalue weighted by molar-refractivity contribution is 5.68. The Balaban J connectivity index is 2.47. The van der Waals surface area contributed by atoms with E-state index in [-0.39, 0.29) is 5.75 Å². The summed E-state index contributed by atoms with van der Waals surface area (Å²) in [7, 11) is 3.10. The summed E-state index contributed by atoms with van der Waals surface area (Å²) < 4.78 is 23.3. The fraction of sp³-hybridized carbons (Fsp3) is 0.143. The molecule has 0 amide bonds. The second-order valence-corrected chi connectivity index (χ2v) is 3.74. The summed E-state index contributed by atoms with van der Waals surface area (Å²) in [6.07, 6.45) is 0. The summed E-state index contributed by atoms with van der Waals surface area (Å²) in [5.41, 5.74) is 1.51. The highest BCUT2D eigenvalue weighted by Crippen LogP contribution is 2.33. The molecule has 0 aliphatic carbocycles. The van der Waals surface area contributed by atoms with Crippen LogP contribution in [0, 0.1) is 5.82 Å². The van der Waals surface area contributed by atoms with Crippen LogP contribution in [0.25, 0.3) is 11.1 Å². The van der Waals surface area contributed by atoms with Crippen LogP contribution in [0.4, 0.5) is 4.39 Å². The zero-order chi connectivity index (χ0) is 13.1. The van der Waals surface area contributed by atoms with Gasteiger partial charge in [0.15, 0.2) is 23.1 Å². The van der Waals surface area contributed by atoms with E-state index in [9.17, 15) is 9.50 Å². The van der Waals surface area contributed by atoms with Gasteiger partial charge in [-0.25, -0.2) is 4.39 Å². The summed E-state index contributed by atoms with van der Waals surface area (Å²) in [6.45, 7) is 0. The smallest absolute Gasteiger partial charge is 0.164 e. The maximum Gasteiger partial charge on any atom is 0.164 e. The van der Waals surface area contributed by atoms with Gasteiger partial charge in [-0.15, -0.1) is 0 Å². The maximum atomic E-state index is 13.0. The van der Waals surface area contributed by atoms with E-state index >= 15 is 0 Å². The third-order valence-corrected chi connectivity index (χ3v) is 2.66. The van der Waals surface area contributed by atoms with Gasteiger partial charge in [0.1, 0.15) is 0 Å². The van der Waals surface area contributed by atoms with Crippen LogP contribution in [0.1, 0.15) is 0 Å². The molecule has 0 bridgehead atoms. The fourth-order valence-corrected chi connectivity index (χ4v) is 1.71. The number of aromatic hydroxyl groups is 1. The topological polar surface area (TPSA) is 38.7 Å². The number of halogens is 1. The van der Waals surface area contributed by atoms with Gasteiger partial charge in [-0.1, -0.05) is 12.1 Å². The van der Waals surface area contributed by atoms with Gasteiger partial charge in [0.25, 0.3) is 0 Å². The second kappa shape index (κ2) is 4.96. The number of ether oxygens (including phenoxy) is 2. The minimum atomic E-state index is -0.640. The summed E-state index contributed by atoms with van der Waals surface area (Å²) in [5, 5.41) is 9.36. The molecule has 18 heavy (non-hydrogen) atoms. The number of hydrogen-bond donors (Lipinski definition) is 1. The first-order chi connectivity index (χ1) is 8.65. The molecule has 0 saturated heterocycles. The third-order valence-electron chi connectivity index (χ3n) is 2.66. The van der Waals surface area contributed by atoms with E-state index in [4.69, 9.17) is 9.47 Å². The lowest BCUT2D eigenvalue weighted by Gasteiger charge is -2.10. The Hall–Kier alpha value is -2.23. The number of phenolic OH excluding ortho intramolecular Hbond substituents is 1. The van der Waals surface area contributed by atoms with Crippen LogP contribution < -0.4 is 9.47 Å². The fourth-order valence-electron chi connectivity index (χ4n) is 1.71. The SMILES string of the molecule is COc1ccc(-c2ccc(F)c(O)c2)cc1OC. The molecule has 0 saturated carbocycles. The molecule has 2 aromatic rings. The van der Waals surface area contributed by atoms with E-state index < -0.39 is 5.82 Å². The highest BCUT2D eigenvalue weighted by atomic mass is 19.1. The molecule has 0 aliphatic rings. The zero-order valence-electron chi connectivity index (χ0n) is 10.1. The van der Waals surface area contributed by atoms with Crippen LogP contribution in [0.15, 0.2) is 36.4 Å². The second-order valence-electron chi connectivity index (χ2n) is 3.74. The predicted octanol–water partition coefficient (Wildman–Crippen LogP) is 3.22. The van der Waals surface area contributed by atoms with Crippen molar-refractivity contribution in [1.29, 1.82) is 0 Å². The highest BCUT2D eigenvalue weighted by Gasteiger charge is 2.08. The largest absolute Gasteiger partial charge is 0.505 e. The van der Waals surface area contributed by atoms with Crippen molar-refractivity contribution in [2.75, 3.05) is 14.2 Å². The standard InChI is InChI=1S/C14H13FO3/c1-17-13-6-4-10(8-14(13)18-2)9-3-5-11(15)12(16)7-9/h3-8,16H,1-2H3. The quantitative estimate of drug-likeness (QED) is 0.906. The molecule has 94 valence electrons. The average molecular weight is 248 g/mol. The molecule has 2 aromatic carbocycles. The van der Waals surface area contributed by atoms with Crippen LogP contribution in [-0.4, -0.2) is 19.3 Å². The lowest BCUT2D eigenvalue weighted by atomic mass is 10.0. The number of hydrogen-bond acceptors (Lipinski definition) is 3. The van der Waals surface area contributed by atoms with Crippen LogP contribution in [0.5, 0.6) is 17.2 Å². The first-order valence-corrected chi connectivity index (χ1v) is 5.36. The molecule has 1 N–H and O–H groups in total. The van der Waals surface area contributed by atoms with Crippen LogP contribution in [0.3, 0.4) is 0 Å². The lowest BCUT2D eigenvalue weighted by molar-refractivity contribution is 0.355. The van der Waals surface area contributed by atoms with Gasteiger partial charge in [-0.05, 0) is 35.4 Å². The molecule has 2 rings (SSSR count). The molecule has 0 radical (unpaired) electrons. The minimum Gasteiger partial charge on any atom is -0.505 e. The molecule has 0 fully saturated rings. The Bertz CT molecular complexity index is 567. The Labute approximate surface area is 104 Å². The number of rotatable bonds is 3. The third kappa shape index (κ3) is 2.22. The summed E-state index contributed by atoms with van der Waals surface area (Å²) in [4.78, 5) is 0. The molecule has 0 spiro atoms. The van der Waals surface area contributed by atoms with E-state index in [1.165, 1.54) is 12.1 Å². The van der Waals surface area contributed by atoms with Crippen LogP contribution in [0.2, 0.25) is 0 Å². The summed E-state index contributed by atoms with van der Waals surface area (Å²) in [5.74, 6) is 0.188. The number of phenols is 1. The zero-order valence-corrected chi connectivity index (χ0v) is 10.1. The molecule has 4 heteroatoms. The molecule has 0 unspecified atom stereocenters. The van der Waals surface area contributed by atoms with Gasteiger partial charge in [0, 0.05) is 0 Å². The first-order valence-electron chi connectivity index (χ1n) is 5.36. The normalized spacial score (nSPS) is 10.2. The van der Waals surface area contributed by atoms with Crippen molar-refractivity contribution in [2.45, 2.75) is 0 Å². The van der Waals surface area contributed by atoms with Gasteiger partial charge in [-0.3, -0.25) is 0 Å². The van der Waals surface area contributed by atoms with Crippen molar-refractivity contribution in [2.24, 2.45) is 0 Å². The van der Waals surface area contributed by atoms with Gasteiger partial charge in [-0.2, -0.15) is 0 Å². The van der Waals surface area contributed by atoms with E-state index in [0.29, 0.717) is 17.1 Å². The summed E-state index contributed by atoms with van der Waals surface area (Å²) in [6, 6.07) is 9.53. The maximum absolute atomic E-state index is 13.0. The van der Waals surface area contributed by atoms with Gasteiger partial charge in [0.05, 0.1) is 14.2 Å². The summed E-state index contributed by atoms with van der Waals surface area (Å²) >= 11 is 0. The van der Waals surface area contributed by atoms with Crippen LogP contribution >= 0.6 is 0 Å². The molecular weight excluding hydrogens is 235 g/mol. The van der Waals surface area contributed by atoms with Gasteiger partial charge in [0.2, 0.25) is 0 Å². The molecule has 0 atom stereocenters. The molecule has 3 nitrogen and oxygen atoms in total. The average Bonchev–Trinajstić information content (AvgIpc) is 2.41. The molecule has 0 aromatic heterocycles. The van der Waals surface area contributed by atoms with E-state index in [1.54, 1.807) is 32.4 Å². The van der Waals surface area contributed by atoms with Crippen molar-refractivity contribution >= 4 is 0 Å². The van der Waals surface area contributed by atoms with Crippen molar-refractivity contribution in [1.82, 2.24) is 0 Å². The monoisotopic (exact) mass is 248 g/mol. The first kappa shape index (κ1) is 12.2. The Kier molecular flexibility index (Phi) is 3.37. The van der Waals surface area contributed by atoms with Crippen molar-refractivity contribution in [3.63, 3.8) is 0 Å². The van der Waals surface area contributed by atoms with Gasteiger partial charge >= 0.3 is 0 Å². The Morgan fingerprint density at radius 3 is 2.11 bits per heavy atom. The van der Waals surface area contributed by atoms with Crippen molar-refractivity contribution in [3.8, 4) is 28.4 Å². The molecule has 0 aliphatic heterocycles. The molecule has 0 heterocycles. The minimum absolute atomic E-state index is 0.373. The van der Waals surface area contributed by atoms with Crippen molar-refractivity contribution < 1.29 is 19.0 Å². The van der Waals surface area contributed by atoms with E-state index in [0.717, 1.165) is 5.56 Å². The molecular formula is C14H13FO3. The number of benzene rings is 2.